The largest absolute Gasteiger partial charge is 0.481 e. The van der Waals surface area contributed by atoms with E-state index in [-0.39, 0.29) is 5.57 Å². The van der Waals surface area contributed by atoms with E-state index >= 15 is 0 Å². The first-order valence-electron chi connectivity index (χ1n) is 6.68. The van der Waals surface area contributed by atoms with Gasteiger partial charge in [0.15, 0.2) is 0 Å². The molecular weight excluding hydrogens is 232 g/mol. The van der Waals surface area contributed by atoms with Gasteiger partial charge >= 0.3 is 11.9 Å². The summed E-state index contributed by atoms with van der Waals surface area (Å²) in [6.45, 7) is 3.66. The van der Waals surface area contributed by atoms with Crippen molar-refractivity contribution < 1.29 is 19.8 Å². The lowest BCUT2D eigenvalue weighted by Gasteiger charge is -2.30. The molecular formula is C14H22O4. The summed E-state index contributed by atoms with van der Waals surface area (Å²) in [5, 5.41) is 19.0. The van der Waals surface area contributed by atoms with Crippen LogP contribution in [0, 0.1) is 5.41 Å². The molecule has 1 aliphatic carbocycles. The van der Waals surface area contributed by atoms with Crippen LogP contribution in [-0.4, -0.2) is 22.2 Å². The number of hydrogen-bond donors (Lipinski definition) is 2. The molecule has 0 aromatic rings. The van der Waals surface area contributed by atoms with Crippen LogP contribution in [0.4, 0.5) is 0 Å². The first kappa shape index (κ1) is 14.7. The molecule has 1 saturated carbocycles. The Kier molecular flexibility index (Phi) is 4.93. The van der Waals surface area contributed by atoms with Gasteiger partial charge in [-0.2, -0.15) is 0 Å². The Labute approximate surface area is 108 Å². The van der Waals surface area contributed by atoms with E-state index in [1.165, 1.54) is 0 Å². The second-order valence-electron chi connectivity index (χ2n) is 4.98. The van der Waals surface area contributed by atoms with Crippen molar-refractivity contribution >= 4 is 11.9 Å². The van der Waals surface area contributed by atoms with E-state index in [1.807, 2.05) is 6.92 Å². The number of carboxylic acid groups (broad SMARTS) is 2. The van der Waals surface area contributed by atoms with Gasteiger partial charge in [-0.3, -0.25) is 4.79 Å². The second kappa shape index (κ2) is 6.03. The van der Waals surface area contributed by atoms with E-state index in [0.29, 0.717) is 19.3 Å². The van der Waals surface area contributed by atoms with Gasteiger partial charge in [0.05, 0.1) is 11.0 Å². The third-order valence-electron chi connectivity index (χ3n) is 3.94. The summed E-state index contributed by atoms with van der Waals surface area (Å²) >= 11 is 0. The second-order valence-corrected chi connectivity index (χ2v) is 4.98. The molecule has 0 aromatic carbocycles. The van der Waals surface area contributed by atoms with Gasteiger partial charge in [0, 0.05) is 0 Å². The summed E-state index contributed by atoms with van der Waals surface area (Å²) < 4.78 is 0. The van der Waals surface area contributed by atoms with Crippen molar-refractivity contribution in [1.82, 2.24) is 0 Å². The fraction of sp³-hybridized carbons (Fsp3) is 0.714. The van der Waals surface area contributed by atoms with Crippen molar-refractivity contribution in [3.8, 4) is 0 Å². The number of rotatable bonds is 6. The zero-order valence-corrected chi connectivity index (χ0v) is 11.2. The average Bonchev–Trinajstić information content (AvgIpc) is 2.80. The first-order chi connectivity index (χ1) is 8.49. The molecule has 0 radical (unpaired) electrons. The molecule has 1 rings (SSSR count). The zero-order valence-electron chi connectivity index (χ0n) is 11.2. The van der Waals surface area contributed by atoms with Gasteiger partial charge in [-0.05, 0) is 38.5 Å². The van der Waals surface area contributed by atoms with Gasteiger partial charge in [-0.25, -0.2) is 4.79 Å². The molecule has 1 fully saturated rings. The van der Waals surface area contributed by atoms with Crippen molar-refractivity contribution in [3.63, 3.8) is 0 Å². The number of allylic oxidation sites excluding steroid dienone is 1. The summed E-state index contributed by atoms with van der Waals surface area (Å²) in [5.41, 5.74) is -0.197. The number of carboxylic acids is 2. The highest BCUT2D eigenvalue weighted by Gasteiger charge is 2.44. The third-order valence-corrected chi connectivity index (χ3v) is 3.94. The number of carbonyl (C=O) groups is 2. The molecule has 0 heterocycles. The molecule has 1 aliphatic rings. The minimum Gasteiger partial charge on any atom is -0.481 e. The molecule has 0 spiro atoms. The van der Waals surface area contributed by atoms with Crippen molar-refractivity contribution in [2.75, 3.05) is 0 Å². The van der Waals surface area contributed by atoms with Crippen LogP contribution in [-0.2, 0) is 9.59 Å². The maximum atomic E-state index is 11.6. The van der Waals surface area contributed by atoms with Crippen molar-refractivity contribution in [2.45, 2.75) is 58.8 Å². The van der Waals surface area contributed by atoms with Crippen LogP contribution in [0.25, 0.3) is 0 Å². The summed E-state index contributed by atoms with van der Waals surface area (Å²) in [5.74, 6) is -2.05. The van der Waals surface area contributed by atoms with Crippen LogP contribution in [0.5, 0.6) is 0 Å². The van der Waals surface area contributed by atoms with Crippen molar-refractivity contribution in [1.29, 1.82) is 0 Å². The number of aliphatic carboxylic acids is 2. The molecule has 4 nitrogen and oxygen atoms in total. The molecule has 4 heteroatoms. The Morgan fingerprint density at radius 2 is 1.72 bits per heavy atom. The topological polar surface area (TPSA) is 74.6 Å². The van der Waals surface area contributed by atoms with Gasteiger partial charge in [0.1, 0.15) is 0 Å². The molecule has 0 aliphatic heterocycles. The molecule has 0 aromatic heterocycles. The predicted molar refractivity (Wildman–Crippen MR) is 68.4 cm³/mol. The lowest BCUT2D eigenvalue weighted by molar-refractivity contribution is -0.150. The Morgan fingerprint density at radius 3 is 2.06 bits per heavy atom. The van der Waals surface area contributed by atoms with E-state index < -0.39 is 17.4 Å². The molecule has 102 valence electrons. The SMILES string of the molecule is CCCC(CC)(C(=O)O)C(C(=O)O)=C1CCCC1. The minimum absolute atomic E-state index is 0.164. The van der Waals surface area contributed by atoms with Crippen LogP contribution in [0.3, 0.4) is 0 Å². The van der Waals surface area contributed by atoms with Crippen LogP contribution < -0.4 is 0 Å². The smallest absolute Gasteiger partial charge is 0.332 e. The summed E-state index contributed by atoms with van der Waals surface area (Å²) in [7, 11) is 0. The molecule has 1 atom stereocenters. The summed E-state index contributed by atoms with van der Waals surface area (Å²) in [6, 6.07) is 0. The standard InChI is InChI=1S/C14H22O4/c1-3-9-14(4-2,13(17)18)11(12(15)16)10-7-5-6-8-10/h3-9H2,1-2H3,(H,15,16)(H,17,18). The average molecular weight is 254 g/mol. The van der Waals surface area contributed by atoms with Crippen LogP contribution >= 0.6 is 0 Å². The Hall–Kier alpha value is -1.32. The highest BCUT2D eigenvalue weighted by Crippen LogP contribution is 2.42. The monoisotopic (exact) mass is 254 g/mol. The maximum absolute atomic E-state index is 11.6. The lowest BCUT2D eigenvalue weighted by Crippen LogP contribution is -2.36. The van der Waals surface area contributed by atoms with Crippen LogP contribution in [0.15, 0.2) is 11.1 Å². The van der Waals surface area contributed by atoms with Gasteiger partial charge < -0.3 is 10.2 Å². The Balaban J connectivity index is 3.34. The minimum atomic E-state index is -1.21. The quantitative estimate of drug-likeness (QED) is 0.714. The lowest BCUT2D eigenvalue weighted by atomic mass is 9.72. The Bertz CT molecular complexity index is 362. The predicted octanol–water partition coefficient (Wildman–Crippen LogP) is 3.22. The van der Waals surface area contributed by atoms with Crippen molar-refractivity contribution in [3.05, 3.63) is 11.1 Å². The van der Waals surface area contributed by atoms with E-state index in [4.69, 9.17) is 0 Å². The molecule has 0 amide bonds. The van der Waals surface area contributed by atoms with Gasteiger partial charge in [-0.15, -0.1) is 0 Å². The van der Waals surface area contributed by atoms with Gasteiger partial charge in [0.25, 0.3) is 0 Å². The van der Waals surface area contributed by atoms with Crippen LogP contribution in [0.2, 0.25) is 0 Å². The molecule has 1 unspecified atom stereocenters. The van der Waals surface area contributed by atoms with E-state index in [1.54, 1.807) is 6.92 Å². The third kappa shape index (κ3) is 2.57. The maximum Gasteiger partial charge on any atom is 0.332 e. The molecule has 0 saturated heterocycles. The summed E-state index contributed by atoms with van der Waals surface area (Å²) in [4.78, 5) is 23.2. The van der Waals surface area contributed by atoms with Crippen LogP contribution in [0.1, 0.15) is 58.8 Å². The van der Waals surface area contributed by atoms with E-state index in [0.717, 1.165) is 31.3 Å². The van der Waals surface area contributed by atoms with Gasteiger partial charge in [0.2, 0.25) is 0 Å². The Morgan fingerprint density at radius 1 is 1.17 bits per heavy atom. The molecule has 0 bridgehead atoms. The molecule has 18 heavy (non-hydrogen) atoms. The van der Waals surface area contributed by atoms with Gasteiger partial charge in [-0.1, -0.05) is 25.8 Å². The normalized spacial score (nSPS) is 18.4. The van der Waals surface area contributed by atoms with Crippen molar-refractivity contribution in [2.24, 2.45) is 5.41 Å². The molecule has 2 N–H and O–H groups in total. The summed E-state index contributed by atoms with van der Waals surface area (Å²) in [6.07, 6.45) is 4.81. The zero-order chi connectivity index (χ0) is 13.8. The van der Waals surface area contributed by atoms with E-state index in [9.17, 15) is 19.8 Å². The fourth-order valence-electron chi connectivity index (χ4n) is 3.02. The van der Waals surface area contributed by atoms with E-state index in [2.05, 4.69) is 0 Å². The fourth-order valence-corrected chi connectivity index (χ4v) is 3.02. The number of hydrogen-bond acceptors (Lipinski definition) is 2. The first-order valence-corrected chi connectivity index (χ1v) is 6.68. The highest BCUT2D eigenvalue weighted by atomic mass is 16.4. The highest BCUT2D eigenvalue weighted by molar-refractivity contribution is 5.97.